The molecule has 1 heterocycles. The molecule has 14 heavy (non-hydrogen) atoms. The zero-order chi connectivity index (χ0) is 9.97. The van der Waals surface area contributed by atoms with E-state index in [-0.39, 0.29) is 6.04 Å². The number of hydrogen-bond donors (Lipinski definition) is 1. The summed E-state index contributed by atoms with van der Waals surface area (Å²) in [6.07, 6.45) is 0. The molecule has 2 nitrogen and oxygen atoms in total. The van der Waals surface area contributed by atoms with Crippen LogP contribution in [0.4, 0.5) is 0 Å². The molecular formula is C11H13NOS. The summed E-state index contributed by atoms with van der Waals surface area (Å²) in [7, 11) is 1.68. The molecule has 3 heteroatoms. The molecule has 0 spiro atoms. The molecule has 2 aromatic rings. The topological polar surface area (TPSA) is 35.2 Å². The normalized spacial score (nSPS) is 13.3. The van der Waals surface area contributed by atoms with Crippen molar-refractivity contribution in [3.63, 3.8) is 0 Å². The lowest BCUT2D eigenvalue weighted by Gasteiger charge is -2.08. The molecule has 2 N–H and O–H groups in total. The van der Waals surface area contributed by atoms with E-state index in [1.165, 1.54) is 15.6 Å². The molecule has 0 saturated carbocycles. The van der Waals surface area contributed by atoms with E-state index < -0.39 is 0 Å². The quantitative estimate of drug-likeness (QED) is 0.839. The fourth-order valence-electron chi connectivity index (χ4n) is 1.55. The number of rotatable bonds is 3. The minimum absolute atomic E-state index is 0.0175. The first-order chi connectivity index (χ1) is 6.83. The fourth-order valence-corrected chi connectivity index (χ4v) is 2.58. The van der Waals surface area contributed by atoms with Gasteiger partial charge in [0.05, 0.1) is 12.6 Å². The monoisotopic (exact) mass is 207 g/mol. The highest BCUT2D eigenvalue weighted by molar-refractivity contribution is 7.17. The van der Waals surface area contributed by atoms with Crippen molar-refractivity contribution in [2.45, 2.75) is 6.04 Å². The van der Waals surface area contributed by atoms with Gasteiger partial charge in [-0.2, -0.15) is 0 Å². The van der Waals surface area contributed by atoms with Crippen LogP contribution in [0.25, 0.3) is 10.1 Å². The van der Waals surface area contributed by atoms with Crippen molar-refractivity contribution in [2.75, 3.05) is 13.7 Å². The first kappa shape index (κ1) is 9.65. The smallest absolute Gasteiger partial charge is 0.0656 e. The van der Waals surface area contributed by atoms with Gasteiger partial charge in [-0.25, -0.2) is 0 Å². The van der Waals surface area contributed by atoms with E-state index in [1.54, 1.807) is 18.4 Å². The predicted molar refractivity (Wildman–Crippen MR) is 60.6 cm³/mol. The van der Waals surface area contributed by atoms with E-state index in [9.17, 15) is 0 Å². The first-order valence-electron chi connectivity index (χ1n) is 4.53. The average Bonchev–Trinajstić information content (AvgIpc) is 2.61. The Morgan fingerprint density at radius 1 is 1.43 bits per heavy atom. The lowest BCUT2D eigenvalue weighted by Crippen LogP contribution is -2.15. The third-order valence-electron chi connectivity index (χ3n) is 2.26. The van der Waals surface area contributed by atoms with Gasteiger partial charge in [-0.3, -0.25) is 0 Å². The molecule has 0 radical (unpaired) electrons. The number of methoxy groups -OCH3 is 1. The SMILES string of the molecule is COC[C@H](N)c1csc2ccccc12. The van der Waals surface area contributed by atoms with E-state index >= 15 is 0 Å². The number of hydrogen-bond acceptors (Lipinski definition) is 3. The molecule has 0 unspecified atom stereocenters. The minimum Gasteiger partial charge on any atom is -0.383 e. The van der Waals surface area contributed by atoms with E-state index in [0.29, 0.717) is 6.61 Å². The third-order valence-corrected chi connectivity index (χ3v) is 3.24. The molecule has 0 saturated heterocycles. The molecule has 74 valence electrons. The average molecular weight is 207 g/mol. The molecule has 1 atom stereocenters. The van der Waals surface area contributed by atoms with E-state index in [2.05, 4.69) is 17.5 Å². The van der Waals surface area contributed by atoms with Crippen LogP contribution in [0.15, 0.2) is 29.6 Å². The van der Waals surface area contributed by atoms with E-state index in [1.807, 2.05) is 12.1 Å². The number of benzene rings is 1. The maximum atomic E-state index is 6.00. The first-order valence-corrected chi connectivity index (χ1v) is 5.41. The highest BCUT2D eigenvalue weighted by Gasteiger charge is 2.10. The van der Waals surface area contributed by atoms with Gasteiger partial charge in [-0.1, -0.05) is 18.2 Å². The molecule has 2 rings (SSSR count). The Kier molecular flexibility index (Phi) is 2.82. The fraction of sp³-hybridized carbons (Fsp3) is 0.273. The number of thiophene rings is 1. The summed E-state index contributed by atoms with van der Waals surface area (Å²) in [4.78, 5) is 0. The Morgan fingerprint density at radius 2 is 2.21 bits per heavy atom. The summed E-state index contributed by atoms with van der Waals surface area (Å²) < 4.78 is 6.34. The van der Waals surface area contributed by atoms with Crippen molar-refractivity contribution < 1.29 is 4.74 Å². The summed E-state index contributed by atoms with van der Waals surface area (Å²) >= 11 is 1.73. The van der Waals surface area contributed by atoms with Crippen molar-refractivity contribution in [1.29, 1.82) is 0 Å². The van der Waals surface area contributed by atoms with Crippen molar-refractivity contribution in [1.82, 2.24) is 0 Å². The van der Waals surface area contributed by atoms with Gasteiger partial charge < -0.3 is 10.5 Å². The van der Waals surface area contributed by atoms with Gasteiger partial charge in [0.15, 0.2) is 0 Å². The summed E-state index contributed by atoms with van der Waals surface area (Å²) in [6, 6.07) is 8.29. The molecule has 0 amide bonds. The zero-order valence-corrected chi connectivity index (χ0v) is 8.88. The zero-order valence-electron chi connectivity index (χ0n) is 8.07. The van der Waals surface area contributed by atoms with Crippen LogP contribution >= 0.6 is 11.3 Å². The molecule has 0 aliphatic rings. The Labute approximate surface area is 87.3 Å². The van der Waals surface area contributed by atoms with E-state index in [0.717, 1.165) is 0 Å². The lowest BCUT2D eigenvalue weighted by atomic mass is 10.1. The summed E-state index contributed by atoms with van der Waals surface area (Å²) in [5.41, 5.74) is 7.19. The van der Waals surface area contributed by atoms with Gasteiger partial charge in [0.2, 0.25) is 0 Å². The summed E-state index contributed by atoms with van der Waals surface area (Å²) in [6.45, 7) is 0.570. The van der Waals surface area contributed by atoms with Gasteiger partial charge in [-0.15, -0.1) is 11.3 Å². The molecular weight excluding hydrogens is 194 g/mol. The molecule has 0 aliphatic carbocycles. The lowest BCUT2D eigenvalue weighted by molar-refractivity contribution is 0.181. The standard InChI is InChI=1S/C11H13NOS/c1-13-6-10(12)9-7-14-11-5-3-2-4-8(9)11/h2-5,7,10H,6,12H2,1H3/t10-/m0/s1. The summed E-state index contributed by atoms with van der Waals surface area (Å²) in [5, 5.41) is 3.37. The van der Waals surface area contributed by atoms with Gasteiger partial charge in [0.25, 0.3) is 0 Å². The molecule has 1 aromatic heterocycles. The number of fused-ring (bicyclic) bond motifs is 1. The van der Waals surface area contributed by atoms with Gasteiger partial charge in [0, 0.05) is 11.8 Å². The predicted octanol–water partition coefficient (Wildman–Crippen LogP) is 2.55. The van der Waals surface area contributed by atoms with E-state index in [4.69, 9.17) is 10.5 Å². The second-order valence-corrected chi connectivity index (χ2v) is 4.16. The van der Waals surface area contributed by atoms with Crippen molar-refractivity contribution in [3.05, 3.63) is 35.2 Å². The Bertz CT molecular complexity index is 424. The second-order valence-electron chi connectivity index (χ2n) is 3.25. The highest BCUT2D eigenvalue weighted by atomic mass is 32.1. The van der Waals surface area contributed by atoms with Crippen LogP contribution in [-0.2, 0) is 4.74 Å². The Balaban J connectivity index is 2.42. The highest BCUT2D eigenvalue weighted by Crippen LogP contribution is 2.29. The minimum atomic E-state index is -0.0175. The maximum absolute atomic E-state index is 6.00. The second kappa shape index (κ2) is 4.09. The molecule has 1 aromatic carbocycles. The molecule has 0 fully saturated rings. The van der Waals surface area contributed by atoms with Crippen molar-refractivity contribution in [2.24, 2.45) is 5.73 Å². The third kappa shape index (κ3) is 1.66. The Morgan fingerprint density at radius 3 is 3.00 bits per heavy atom. The molecule has 0 aliphatic heterocycles. The van der Waals surface area contributed by atoms with Crippen LogP contribution in [0.2, 0.25) is 0 Å². The molecule has 0 bridgehead atoms. The van der Waals surface area contributed by atoms with Gasteiger partial charge in [0.1, 0.15) is 0 Å². The largest absolute Gasteiger partial charge is 0.383 e. The van der Waals surface area contributed by atoms with Crippen molar-refractivity contribution >= 4 is 21.4 Å². The van der Waals surface area contributed by atoms with Crippen LogP contribution in [0.3, 0.4) is 0 Å². The van der Waals surface area contributed by atoms with Crippen LogP contribution in [0, 0.1) is 0 Å². The number of ether oxygens (including phenoxy) is 1. The Hall–Kier alpha value is -0.900. The van der Waals surface area contributed by atoms with Crippen LogP contribution in [0.1, 0.15) is 11.6 Å². The summed E-state index contributed by atoms with van der Waals surface area (Å²) in [5.74, 6) is 0. The van der Waals surface area contributed by atoms with Gasteiger partial charge in [-0.05, 0) is 22.4 Å². The maximum Gasteiger partial charge on any atom is 0.0656 e. The van der Waals surface area contributed by atoms with Crippen LogP contribution < -0.4 is 5.73 Å². The van der Waals surface area contributed by atoms with Gasteiger partial charge >= 0.3 is 0 Å². The number of nitrogens with two attached hydrogens (primary N) is 1. The van der Waals surface area contributed by atoms with Crippen LogP contribution in [0.5, 0.6) is 0 Å². The van der Waals surface area contributed by atoms with Crippen molar-refractivity contribution in [3.8, 4) is 0 Å². The van der Waals surface area contributed by atoms with Crippen LogP contribution in [-0.4, -0.2) is 13.7 Å².